The van der Waals surface area contributed by atoms with Crippen LogP contribution in [0.15, 0.2) is 18.2 Å². The van der Waals surface area contributed by atoms with Crippen molar-refractivity contribution in [2.45, 2.75) is 26.3 Å². The fourth-order valence-corrected chi connectivity index (χ4v) is 2.40. The number of rotatable bonds is 2. The molecule has 1 atom stereocenters. The minimum absolute atomic E-state index is 0.590. The molecule has 0 amide bonds. The summed E-state index contributed by atoms with van der Waals surface area (Å²) in [7, 11) is 0. The van der Waals surface area contributed by atoms with Gasteiger partial charge < -0.3 is 10.2 Å². The Hall–Kier alpha value is -0.730. The Morgan fingerprint density at radius 3 is 3.00 bits per heavy atom. The van der Waals surface area contributed by atoms with Crippen LogP contribution >= 0.6 is 11.6 Å². The largest absolute Gasteiger partial charge is 0.366 e. The van der Waals surface area contributed by atoms with E-state index in [1.165, 1.54) is 12.1 Å². The number of hydrogen-bond donors (Lipinski definition) is 1. The van der Waals surface area contributed by atoms with E-state index in [2.05, 4.69) is 35.3 Å². The summed E-state index contributed by atoms with van der Waals surface area (Å²) in [5.74, 6) is 0. The van der Waals surface area contributed by atoms with Crippen LogP contribution in [0.25, 0.3) is 0 Å². The van der Waals surface area contributed by atoms with Gasteiger partial charge in [-0.15, -0.1) is 0 Å². The third-order valence-corrected chi connectivity index (χ3v) is 3.72. The lowest BCUT2D eigenvalue weighted by Crippen LogP contribution is -2.51. The van der Waals surface area contributed by atoms with E-state index < -0.39 is 0 Å². The predicted octanol–water partition coefficient (Wildman–Crippen LogP) is 2.84. The zero-order valence-corrected chi connectivity index (χ0v) is 10.7. The maximum atomic E-state index is 6.18. The standard InChI is InChI=1S/C13H19ClN2/c1-3-11-9-15-6-7-16(11)12-5-4-10(2)13(14)8-12/h4-5,8,11,15H,3,6-7,9H2,1-2H3. The Morgan fingerprint density at radius 1 is 1.50 bits per heavy atom. The second-order valence-corrected chi connectivity index (χ2v) is 4.80. The normalized spacial score (nSPS) is 21.2. The van der Waals surface area contributed by atoms with E-state index in [4.69, 9.17) is 11.6 Å². The fourth-order valence-electron chi connectivity index (χ4n) is 2.23. The van der Waals surface area contributed by atoms with Crippen molar-refractivity contribution in [3.8, 4) is 0 Å². The molecule has 0 aliphatic carbocycles. The number of piperazine rings is 1. The van der Waals surface area contributed by atoms with E-state index >= 15 is 0 Å². The highest BCUT2D eigenvalue weighted by molar-refractivity contribution is 6.31. The van der Waals surface area contributed by atoms with Gasteiger partial charge in [0.15, 0.2) is 0 Å². The lowest BCUT2D eigenvalue weighted by atomic mass is 10.1. The molecule has 1 aromatic rings. The van der Waals surface area contributed by atoms with Gasteiger partial charge in [-0.1, -0.05) is 24.6 Å². The first kappa shape index (κ1) is 11.7. The molecule has 1 unspecified atom stereocenters. The Morgan fingerprint density at radius 2 is 2.31 bits per heavy atom. The second kappa shape index (κ2) is 5.07. The molecular weight excluding hydrogens is 220 g/mol. The molecule has 0 aromatic heterocycles. The number of nitrogens with one attached hydrogen (secondary N) is 1. The number of hydrogen-bond acceptors (Lipinski definition) is 2. The smallest absolute Gasteiger partial charge is 0.0455 e. The Balaban J connectivity index is 2.23. The van der Waals surface area contributed by atoms with Gasteiger partial charge >= 0.3 is 0 Å². The topological polar surface area (TPSA) is 15.3 Å². The molecule has 1 fully saturated rings. The molecular formula is C13H19ClN2. The van der Waals surface area contributed by atoms with Crippen LogP contribution < -0.4 is 10.2 Å². The van der Waals surface area contributed by atoms with Crippen LogP contribution in [-0.2, 0) is 0 Å². The van der Waals surface area contributed by atoms with Gasteiger partial charge in [0.1, 0.15) is 0 Å². The third kappa shape index (κ3) is 2.33. The van der Waals surface area contributed by atoms with E-state index in [-0.39, 0.29) is 0 Å². The molecule has 0 bridgehead atoms. The van der Waals surface area contributed by atoms with Crippen molar-refractivity contribution in [1.29, 1.82) is 0 Å². The molecule has 2 rings (SSSR count). The molecule has 1 aliphatic heterocycles. The molecule has 1 heterocycles. The van der Waals surface area contributed by atoms with Crippen LogP contribution in [0.2, 0.25) is 5.02 Å². The lowest BCUT2D eigenvalue weighted by Gasteiger charge is -2.37. The van der Waals surface area contributed by atoms with E-state index in [1.54, 1.807) is 0 Å². The summed E-state index contributed by atoms with van der Waals surface area (Å²) in [4.78, 5) is 2.46. The average molecular weight is 239 g/mol. The van der Waals surface area contributed by atoms with E-state index in [0.717, 1.165) is 30.2 Å². The summed E-state index contributed by atoms with van der Waals surface area (Å²) in [6.07, 6.45) is 1.17. The quantitative estimate of drug-likeness (QED) is 0.853. The van der Waals surface area contributed by atoms with Crippen LogP contribution in [0.3, 0.4) is 0 Å². The highest BCUT2D eigenvalue weighted by Gasteiger charge is 2.20. The molecule has 0 spiro atoms. The minimum Gasteiger partial charge on any atom is -0.366 e. The highest BCUT2D eigenvalue weighted by Crippen LogP contribution is 2.25. The zero-order chi connectivity index (χ0) is 11.5. The van der Waals surface area contributed by atoms with Gasteiger partial charge in [0, 0.05) is 36.4 Å². The summed E-state index contributed by atoms with van der Waals surface area (Å²) >= 11 is 6.18. The number of anilines is 1. The second-order valence-electron chi connectivity index (χ2n) is 4.39. The average Bonchev–Trinajstić information content (AvgIpc) is 2.32. The summed E-state index contributed by atoms with van der Waals surface area (Å²) in [6.45, 7) is 7.48. The maximum absolute atomic E-state index is 6.18. The summed E-state index contributed by atoms with van der Waals surface area (Å²) in [6, 6.07) is 6.96. The molecule has 1 aromatic carbocycles. The molecule has 1 N–H and O–H groups in total. The molecule has 0 saturated carbocycles. The number of nitrogens with zero attached hydrogens (tertiary/aromatic N) is 1. The first-order valence-electron chi connectivity index (χ1n) is 5.96. The van der Waals surface area contributed by atoms with Crippen molar-refractivity contribution >= 4 is 17.3 Å². The maximum Gasteiger partial charge on any atom is 0.0455 e. The Kier molecular flexibility index (Phi) is 3.72. The van der Waals surface area contributed by atoms with E-state index in [9.17, 15) is 0 Å². The van der Waals surface area contributed by atoms with Crippen molar-refractivity contribution in [3.63, 3.8) is 0 Å². The number of aryl methyl sites for hydroxylation is 1. The molecule has 1 saturated heterocycles. The Bertz CT molecular complexity index is 365. The van der Waals surface area contributed by atoms with E-state index in [0.29, 0.717) is 6.04 Å². The van der Waals surface area contributed by atoms with Gasteiger partial charge in [0.25, 0.3) is 0 Å². The molecule has 88 valence electrons. The molecule has 1 aliphatic rings. The van der Waals surface area contributed by atoms with Gasteiger partial charge in [-0.3, -0.25) is 0 Å². The Labute approximate surface area is 103 Å². The van der Waals surface area contributed by atoms with Gasteiger partial charge in [-0.05, 0) is 31.0 Å². The third-order valence-electron chi connectivity index (χ3n) is 3.31. The van der Waals surface area contributed by atoms with Crippen LogP contribution in [-0.4, -0.2) is 25.7 Å². The van der Waals surface area contributed by atoms with Crippen molar-refractivity contribution in [2.24, 2.45) is 0 Å². The summed E-state index contributed by atoms with van der Waals surface area (Å²) in [5.41, 5.74) is 2.40. The monoisotopic (exact) mass is 238 g/mol. The van der Waals surface area contributed by atoms with Crippen LogP contribution in [0, 0.1) is 6.92 Å². The molecule has 3 heteroatoms. The number of halogens is 1. The predicted molar refractivity (Wildman–Crippen MR) is 70.5 cm³/mol. The summed E-state index contributed by atoms with van der Waals surface area (Å²) < 4.78 is 0. The van der Waals surface area contributed by atoms with Gasteiger partial charge in [-0.25, -0.2) is 0 Å². The van der Waals surface area contributed by atoms with Crippen molar-refractivity contribution in [2.75, 3.05) is 24.5 Å². The van der Waals surface area contributed by atoms with Gasteiger partial charge in [-0.2, -0.15) is 0 Å². The van der Waals surface area contributed by atoms with Gasteiger partial charge in [0.05, 0.1) is 0 Å². The van der Waals surface area contributed by atoms with Crippen molar-refractivity contribution < 1.29 is 0 Å². The molecule has 2 nitrogen and oxygen atoms in total. The first-order chi connectivity index (χ1) is 7.72. The van der Waals surface area contributed by atoms with Crippen LogP contribution in [0.4, 0.5) is 5.69 Å². The number of benzene rings is 1. The molecule has 0 radical (unpaired) electrons. The van der Waals surface area contributed by atoms with Crippen molar-refractivity contribution in [3.05, 3.63) is 28.8 Å². The SMILES string of the molecule is CCC1CNCCN1c1ccc(C)c(Cl)c1. The summed E-state index contributed by atoms with van der Waals surface area (Å²) in [5, 5.41) is 4.30. The van der Waals surface area contributed by atoms with E-state index in [1.807, 2.05) is 6.92 Å². The van der Waals surface area contributed by atoms with Gasteiger partial charge in [0.2, 0.25) is 0 Å². The first-order valence-corrected chi connectivity index (χ1v) is 6.33. The zero-order valence-electron chi connectivity index (χ0n) is 9.96. The minimum atomic E-state index is 0.590. The van der Waals surface area contributed by atoms with Crippen molar-refractivity contribution in [1.82, 2.24) is 5.32 Å². The highest BCUT2D eigenvalue weighted by atomic mass is 35.5. The lowest BCUT2D eigenvalue weighted by molar-refractivity contribution is 0.466. The van der Waals surface area contributed by atoms with Crippen LogP contribution in [0.5, 0.6) is 0 Å². The van der Waals surface area contributed by atoms with Crippen LogP contribution in [0.1, 0.15) is 18.9 Å². The molecule has 16 heavy (non-hydrogen) atoms. The fraction of sp³-hybridized carbons (Fsp3) is 0.538.